The predicted molar refractivity (Wildman–Crippen MR) is 319 cm³/mol. The lowest BCUT2D eigenvalue weighted by molar-refractivity contribution is -0.142. The van der Waals surface area contributed by atoms with Gasteiger partial charge in [-0.2, -0.15) is 0 Å². The lowest BCUT2D eigenvalue weighted by atomic mass is 9.83. The third-order valence-electron chi connectivity index (χ3n) is 15.2. The number of imide groups is 1. The number of nitrogens with one attached hydrogen (secondary N) is 7. The number of halogens is 1. The van der Waals surface area contributed by atoms with Crippen molar-refractivity contribution < 1.29 is 67.1 Å². The van der Waals surface area contributed by atoms with Crippen molar-refractivity contribution in [1.82, 2.24) is 36.5 Å². The van der Waals surface area contributed by atoms with Gasteiger partial charge in [-0.3, -0.25) is 39.5 Å². The number of aliphatic hydroxyl groups is 1. The molecule has 3 aromatic rings. The number of ether oxygens (including phenoxy) is 5. The third kappa shape index (κ3) is 16.5. The molecule has 4 aliphatic heterocycles. The minimum Gasteiger partial charge on any atom is -0.495 e. The number of nitrogens with zero attached hydrogens (tertiary/aromatic N) is 3. The van der Waals surface area contributed by atoms with Gasteiger partial charge in [-0.15, -0.1) is 0 Å². The van der Waals surface area contributed by atoms with Gasteiger partial charge in [-0.05, 0) is 112 Å². The summed E-state index contributed by atoms with van der Waals surface area (Å²) in [6.07, 6.45) is 3.33. The van der Waals surface area contributed by atoms with Gasteiger partial charge in [0.15, 0.2) is 10.8 Å². The number of hydrogen-bond acceptors (Lipinski definition) is 16. The number of unbranched alkanes of at least 4 members (excludes halogenated alkanes) is 1. The summed E-state index contributed by atoms with van der Waals surface area (Å²) in [5, 5.41) is 32.2. The van der Waals surface area contributed by atoms with Crippen LogP contribution in [-0.2, 0) is 49.3 Å². The van der Waals surface area contributed by atoms with Crippen LogP contribution in [0, 0.1) is 11.8 Å². The van der Waals surface area contributed by atoms with Crippen molar-refractivity contribution in [2.45, 2.75) is 127 Å². The van der Waals surface area contributed by atoms with Gasteiger partial charge in [-0.1, -0.05) is 56.2 Å². The van der Waals surface area contributed by atoms with Crippen LogP contribution in [-0.4, -0.2) is 157 Å². The number of urea groups is 1. The van der Waals surface area contributed by atoms with Crippen LogP contribution >= 0.6 is 23.8 Å². The summed E-state index contributed by atoms with van der Waals surface area (Å²) in [4.78, 5) is 112. The Bertz CT molecular complexity index is 3140. The second-order valence-corrected chi connectivity index (χ2v) is 22.7. The normalized spacial score (nSPS) is 24.8. The van der Waals surface area contributed by atoms with Crippen molar-refractivity contribution in [2.24, 2.45) is 17.6 Å². The molecule has 0 radical (unpaired) electrons. The first-order valence-corrected chi connectivity index (χ1v) is 28.6. The van der Waals surface area contributed by atoms with Crippen LogP contribution in [0.1, 0.15) is 78.7 Å². The highest BCUT2D eigenvalue weighted by molar-refractivity contribution is 7.80. The number of carbonyl (C=O) groups is 8. The fraction of sp³-hybridized carbons (Fsp3) is 0.483. The molecule has 0 spiro atoms. The summed E-state index contributed by atoms with van der Waals surface area (Å²) in [5.74, 6) is -2.76. The average Bonchev–Trinajstić information content (AvgIpc) is 1.93. The number of rotatable bonds is 19. The molecule has 9 atom stereocenters. The van der Waals surface area contributed by atoms with Gasteiger partial charge in [-0.25, -0.2) is 19.4 Å². The van der Waals surface area contributed by atoms with Crippen molar-refractivity contribution in [3.05, 3.63) is 89.0 Å². The number of allylic oxidation sites excluding steroid dienone is 3. The van der Waals surface area contributed by atoms with Gasteiger partial charge in [0, 0.05) is 69.4 Å². The lowest BCUT2D eigenvalue weighted by Gasteiger charge is -2.42. The summed E-state index contributed by atoms with van der Waals surface area (Å²) in [6.45, 7) is 9.75. The standard InChI is InChI=1S/C58H74ClN11O14S/c1-31(2)49(67-54(85)62-22-9-10-24-70-45(71)20-21-46(70)72)52(75)65-38(14-12-23-61-53(60)76)51(74)66-44-19-16-35-28-36(17-18-37(35)64-44)63-55(77)83-43-29-47(73)69(6)39-26-34(27-40(80-7)48(39)59)25-32(3)13-11-15-42(81-8)58(79)30-41(82-56(78)68-58)33(4)50-57(43,5)84-50/h11,13,15-21,26-28,31,33,38,41-43,49-50,79H,9-10,12,14,22-25,29-30H2,1-8H3,(H,63,77)(H,65,75)(H,68,78)(H3,60,61,76)(H2,62,67,85)(H,64,66,74)/b15-11+,32-13+/t33-,38+,41+,42-,43+,49+,50+,57+,58+/m1/s1. The van der Waals surface area contributed by atoms with E-state index in [1.165, 1.54) is 37.3 Å². The molecule has 85 heavy (non-hydrogen) atoms. The number of alkyl carbamates (subject to hydrolysis) is 1. The molecule has 10 N–H and O–H groups in total. The Balaban J connectivity index is 1.04. The number of epoxide rings is 1. The Labute approximate surface area is 502 Å². The number of thiocarbonyl (C=S) groups is 1. The van der Waals surface area contributed by atoms with E-state index in [0.717, 1.165) is 16.0 Å². The maximum atomic E-state index is 14.4. The van der Waals surface area contributed by atoms with E-state index >= 15 is 0 Å². The maximum absolute atomic E-state index is 14.4. The highest BCUT2D eigenvalue weighted by atomic mass is 35.5. The Kier molecular flexibility index (Phi) is 21.5. The van der Waals surface area contributed by atoms with Crippen LogP contribution in [0.4, 0.5) is 31.6 Å². The Morgan fingerprint density at radius 3 is 2.40 bits per heavy atom. The number of carbonyl (C=O) groups excluding carboxylic acids is 8. The van der Waals surface area contributed by atoms with Gasteiger partial charge < -0.3 is 66.0 Å². The molecular weight excluding hydrogens is 1140 g/mol. The van der Waals surface area contributed by atoms with E-state index < -0.39 is 96.1 Å². The fourth-order valence-corrected chi connectivity index (χ4v) is 10.9. The van der Waals surface area contributed by atoms with Gasteiger partial charge in [0.2, 0.25) is 17.7 Å². The minimum absolute atomic E-state index is 0.0960. The molecular formula is C58H74ClN11O14S. The Morgan fingerprint density at radius 1 is 0.976 bits per heavy atom. The van der Waals surface area contributed by atoms with Gasteiger partial charge in [0.25, 0.3) is 11.8 Å². The molecule has 7 rings (SSSR count). The molecule has 458 valence electrons. The summed E-state index contributed by atoms with van der Waals surface area (Å²) in [5.41, 5.74) is 4.75. The second-order valence-electron chi connectivity index (χ2n) is 21.9. The number of anilines is 3. The molecule has 4 bridgehead atoms. The van der Waals surface area contributed by atoms with Crippen LogP contribution in [0.2, 0.25) is 5.02 Å². The summed E-state index contributed by atoms with van der Waals surface area (Å²) in [7, 11) is 4.43. The van der Waals surface area contributed by atoms with Crippen LogP contribution < -0.4 is 52.6 Å². The summed E-state index contributed by atoms with van der Waals surface area (Å²) < 4.78 is 29.5. The molecule has 2 saturated heterocycles. The predicted octanol–water partition coefficient (Wildman–Crippen LogP) is 4.99. The van der Waals surface area contributed by atoms with Crippen molar-refractivity contribution >= 4 is 105 Å². The van der Waals surface area contributed by atoms with E-state index in [0.29, 0.717) is 48.1 Å². The topological polar surface area (TPSA) is 336 Å². The quantitative estimate of drug-likeness (QED) is 0.0330. The molecule has 1 aromatic heterocycles. The Hall–Kier alpha value is -7.91. The number of methoxy groups -OCH3 is 2. The number of aromatic nitrogens is 1. The first kappa shape index (κ1) is 64.6. The number of pyridine rings is 1. The Morgan fingerprint density at radius 2 is 1.71 bits per heavy atom. The van der Waals surface area contributed by atoms with Crippen LogP contribution in [0.25, 0.3) is 10.9 Å². The average molecular weight is 1220 g/mol. The van der Waals surface area contributed by atoms with Crippen molar-refractivity contribution in [3.8, 4) is 5.75 Å². The molecule has 2 fully saturated rings. The number of benzene rings is 2. The van der Waals surface area contributed by atoms with Crippen LogP contribution in [0.5, 0.6) is 5.75 Å². The molecule has 27 heteroatoms. The lowest BCUT2D eigenvalue weighted by Crippen LogP contribution is -2.63. The van der Waals surface area contributed by atoms with E-state index in [2.05, 4.69) is 42.2 Å². The van der Waals surface area contributed by atoms with Gasteiger partial charge in [0.1, 0.15) is 52.6 Å². The summed E-state index contributed by atoms with van der Waals surface area (Å²) >= 11 is 12.3. The first-order chi connectivity index (χ1) is 40.3. The maximum Gasteiger partial charge on any atom is 0.412 e. The van der Waals surface area contributed by atoms with Crippen molar-refractivity contribution in [2.75, 3.05) is 56.4 Å². The van der Waals surface area contributed by atoms with Crippen molar-refractivity contribution in [1.29, 1.82) is 0 Å². The number of nitrogens with two attached hydrogens (primary N) is 1. The summed E-state index contributed by atoms with van der Waals surface area (Å²) in [6, 6.07) is 8.80. The molecule has 2 aromatic carbocycles. The second kappa shape index (κ2) is 28.3. The first-order valence-electron chi connectivity index (χ1n) is 27.8. The zero-order chi connectivity index (χ0) is 61.9. The van der Waals surface area contributed by atoms with Crippen LogP contribution in [0.15, 0.2) is 78.4 Å². The highest BCUT2D eigenvalue weighted by Gasteiger charge is 2.64. The monoisotopic (exact) mass is 1220 g/mol. The number of hydrogen-bond donors (Lipinski definition) is 9. The van der Waals surface area contributed by atoms with Crippen LogP contribution in [0.3, 0.4) is 0 Å². The molecule has 9 amide bonds. The fourth-order valence-electron chi connectivity index (χ4n) is 10.4. The molecule has 0 unspecified atom stereocenters. The largest absolute Gasteiger partial charge is 0.495 e. The molecule has 25 nitrogen and oxygen atoms in total. The number of fused-ring (bicyclic) bond motifs is 6. The van der Waals surface area contributed by atoms with E-state index in [9.17, 15) is 43.5 Å². The van der Waals surface area contributed by atoms with E-state index in [1.54, 1.807) is 83.3 Å². The van der Waals surface area contributed by atoms with Gasteiger partial charge >= 0.3 is 18.2 Å². The molecule has 4 aliphatic rings. The minimum atomic E-state index is -1.89. The SMILES string of the molecule is COc1cc2cc(c1Cl)N(C)C(=O)C[C@H](OC(=O)Nc1ccc3nc(NC(=O)[C@H](CCCNC(N)=O)NC(=O)[C@@H](NC(=S)NCCCCN4C(=O)C=CC4=O)C(C)C)ccc3c1)[C@]1(C)O[C@H]1[C@H](C)[C@@H]1C[C@@](O)(NC(=O)O1)[C@H](OC)/C=C/C=C(\C)C2. The van der Waals surface area contributed by atoms with Crippen molar-refractivity contribution in [3.63, 3.8) is 0 Å². The van der Waals surface area contributed by atoms with E-state index in [1.807, 2.05) is 13.0 Å². The zero-order valence-corrected chi connectivity index (χ0v) is 50.2. The molecule has 0 saturated carbocycles. The smallest absolute Gasteiger partial charge is 0.412 e. The third-order valence-corrected chi connectivity index (χ3v) is 15.9. The van der Waals surface area contributed by atoms with Gasteiger partial charge in [0.05, 0.1) is 30.8 Å². The highest BCUT2D eigenvalue weighted by Crippen LogP contribution is 2.49. The van der Waals surface area contributed by atoms with E-state index in [-0.39, 0.29) is 71.7 Å². The number of primary amides is 1. The molecule has 5 heterocycles. The van der Waals surface area contributed by atoms with E-state index in [4.69, 9.17) is 53.2 Å². The number of amides is 9. The molecule has 0 aliphatic carbocycles. The zero-order valence-electron chi connectivity index (χ0n) is 48.6.